The van der Waals surface area contributed by atoms with Gasteiger partial charge in [0.25, 0.3) is 8.32 Å². The van der Waals surface area contributed by atoms with Crippen LogP contribution in [0.1, 0.15) is 13.8 Å². The van der Waals surface area contributed by atoms with E-state index in [1.54, 1.807) is 30.3 Å². The lowest BCUT2D eigenvalue weighted by molar-refractivity contribution is 0.198. The van der Waals surface area contributed by atoms with Gasteiger partial charge in [-0.05, 0) is 39.7 Å². The van der Waals surface area contributed by atoms with E-state index in [1.165, 1.54) is 5.41 Å². The first-order valence-corrected chi connectivity index (χ1v) is 15.2. The predicted octanol–water partition coefficient (Wildman–Crippen LogP) is 4.68. The van der Waals surface area contributed by atoms with Crippen molar-refractivity contribution in [2.75, 3.05) is 0 Å². The average Bonchev–Trinajstić information content (AvgIpc) is 2.91. The van der Waals surface area contributed by atoms with Crippen LogP contribution in [-0.2, 0) is 14.3 Å². The first-order valence-electron chi connectivity index (χ1n) is 11.8. The Bertz CT molecular complexity index is 1240. The van der Waals surface area contributed by atoms with Crippen molar-refractivity contribution in [3.05, 3.63) is 133 Å². The summed E-state index contributed by atoms with van der Waals surface area (Å²) in [5.74, 6) is 0.0558. The Balaban J connectivity index is 1.86. The third-order valence-corrected chi connectivity index (χ3v) is 11.5. The zero-order valence-corrected chi connectivity index (χ0v) is 21.8. The number of hydrogen-bond acceptors (Lipinski definition) is 3. The molecule has 0 N–H and O–H groups in total. The van der Waals surface area contributed by atoms with Gasteiger partial charge in [-0.3, -0.25) is 0 Å². The third kappa shape index (κ3) is 5.54. The molecule has 4 aromatic carbocycles. The molecule has 4 aromatic rings. The Hall–Kier alpha value is -3.25. The summed E-state index contributed by atoms with van der Waals surface area (Å²) in [4.78, 5) is 0.274. The Morgan fingerprint density at radius 1 is 0.629 bits per heavy atom. The maximum Gasteiger partial charge on any atom is 0.288 e. The SMILES string of the molecule is CC(C)[C@@H](/C=C/S(=O)(=O)c1ccccc1)O[Si](c1ccccc1)(c1ccccc1)c1ccccc1. The summed E-state index contributed by atoms with van der Waals surface area (Å²) in [5, 5.41) is 4.64. The highest BCUT2D eigenvalue weighted by Crippen LogP contribution is 2.20. The van der Waals surface area contributed by atoms with Crippen molar-refractivity contribution < 1.29 is 12.8 Å². The quantitative estimate of drug-likeness (QED) is 0.249. The molecule has 0 saturated heterocycles. The third-order valence-electron chi connectivity index (χ3n) is 6.03. The highest BCUT2D eigenvalue weighted by Gasteiger charge is 2.43. The van der Waals surface area contributed by atoms with E-state index in [0.717, 1.165) is 15.6 Å². The molecule has 0 aliphatic carbocycles. The second kappa shape index (κ2) is 11.0. The van der Waals surface area contributed by atoms with E-state index >= 15 is 0 Å². The van der Waals surface area contributed by atoms with Crippen LogP contribution in [-0.4, -0.2) is 22.8 Å². The maximum atomic E-state index is 13.0. The van der Waals surface area contributed by atoms with Crippen LogP contribution >= 0.6 is 0 Å². The molecule has 5 heteroatoms. The predicted molar refractivity (Wildman–Crippen MR) is 146 cm³/mol. The molecule has 0 unspecified atom stereocenters. The lowest BCUT2D eigenvalue weighted by Gasteiger charge is -2.37. The lowest BCUT2D eigenvalue weighted by Crippen LogP contribution is -2.70. The molecule has 0 aromatic heterocycles. The largest absolute Gasteiger partial charge is 0.397 e. The number of sulfone groups is 1. The fourth-order valence-corrected chi connectivity index (χ4v) is 9.40. The van der Waals surface area contributed by atoms with Gasteiger partial charge in [-0.25, -0.2) is 8.42 Å². The molecule has 3 nitrogen and oxygen atoms in total. The van der Waals surface area contributed by atoms with Gasteiger partial charge >= 0.3 is 0 Å². The van der Waals surface area contributed by atoms with E-state index in [4.69, 9.17) is 4.43 Å². The summed E-state index contributed by atoms with van der Waals surface area (Å²) >= 11 is 0. The van der Waals surface area contributed by atoms with Gasteiger partial charge in [-0.15, -0.1) is 0 Å². The van der Waals surface area contributed by atoms with Crippen LogP contribution in [0, 0.1) is 5.92 Å². The van der Waals surface area contributed by atoms with Crippen LogP contribution in [0.15, 0.2) is 138 Å². The minimum Gasteiger partial charge on any atom is -0.397 e. The summed E-state index contributed by atoms with van der Waals surface area (Å²) < 4.78 is 33.2. The summed E-state index contributed by atoms with van der Waals surface area (Å²) in [6.45, 7) is 4.12. The maximum absolute atomic E-state index is 13.0. The Morgan fingerprint density at radius 2 is 1.00 bits per heavy atom. The molecule has 4 rings (SSSR count). The molecular weight excluding hydrogens is 468 g/mol. The Labute approximate surface area is 209 Å². The van der Waals surface area contributed by atoms with E-state index < -0.39 is 24.3 Å². The van der Waals surface area contributed by atoms with Crippen molar-refractivity contribution in [3.8, 4) is 0 Å². The normalized spacial score (nSPS) is 13.2. The van der Waals surface area contributed by atoms with E-state index in [0.29, 0.717) is 0 Å². The second-order valence-corrected chi connectivity index (χ2v) is 14.0. The van der Waals surface area contributed by atoms with Crippen molar-refractivity contribution in [2.45, 2.75) is 24.8 Å². The van der Waals surface area contributed by atoms with Gasteiger partial charge in [0.05, 0.1) is 11.0 Å². The number of rotatable bonds is 9. The fraction of sp³-hybridized carbons (Fsp3) is 0.133. The first-order chi connectivity index (χ1) is 16.9. The van der Waals surface area contributed by atoms with E-state index in [-0.39, 0.29) is 10.8 Å². The van der Waals surface area contributed by atoms with E-state index in [9.17, 15) is 8.42 Å². The average molecular weight is 499 g/mol. The van der Waals surface area contributed by atoms with E-state index in [1.807, 2.05) is 60.7 Å². The zero-order valence-electron chi connectivity index (χ0n) is 20.0. The molecule has 0 spiro atoms. The minimum atomic E-state index is -3.58. The van der Waals surface area contributed by atoms with Crippen LogP contribution in [0.2, 0.25) is 0 Å². The molecular formula is C30H30O3SSi. The van der Waals surface area contributed by atoms with Gasteiger partial charge in [-0.2, -0.15) is 0 Å². The van der Waals surface area contributed by atoms with Gasteiger partial charge in [0.2, 0.25) is 0 Å². The van der Waals surface area contributed by atoms with Gasteiger partial charge in [-0.1, -0.05) is 123 Å². The molecule has 0 heterocycles. The van der Waals surface area contributed by atoms with Crippen molar-refractivity contribution in [1.82, 2.24) is 0 Å². The number of benzene rings is 4. The van der Waals surface area contributed by atoms with Crippen LogP contribution in [0.5, 0.6) is 0 Å². The van der Waals surface area contributed by atoms with Crippen molar-refractivity contribution in [1.29, 1.82) is 0 Å². The molecule has 35 heavy (non-hydrogen) atoms. The molecule has 0 bridgehead atoms. The lowest BCUT2D eigenvalue weighted by atomic mass is 10.1. The van der Waals surface area contributed by atoms with Crippen LogP contribution in [0.25, 0.3) is 0 Å². The van der Waals surface area contributed by atoms with Crippen molar-refractivity contribution >= 4 is 33.7 Å². The number of hydrogen-bond donors (Lipinski definition) is 0. The van der Waals surface area contributed by atoms with Crippen molar-refractivity contribution in [2.24, 2.45) is 5.92 Å². The van der Waals surface area contributed by atoms with Gasteiger partial charge in [0.1, 0.15) is 0 Å². The molecule has 0 fully saturated rings. The smallest absolute Gasteiger partial charge is 0.288 e. The highest BCUT2D eigenvalue weighted by molar-refractivity contribution is 7.94. The van der Waals surface area contributed by atoms with Crippen LogP contribution in [0.3, 0.4) is 0 Å². The topological polar surface area (TPSA) is 43.4 Å². The summed E-state index contributed by atoms with van der Waals surface area (Å²) in [6.07, 6.45) is 1.30. The van der Waals surface area contributed by atoms with Gasteiger partial charge < -0.3 is 4.43 Å². The molecule has 0 saturated carbocycles. The summed E-state index contributed by atoms with van der Waals surface area (Å²) in [5.41, 5.74) is 0. The van der Waals surface area contributed by atoms with Gasteiger partial charge in [0.15, 0.2) is 9.84 Å². The van der Waals surface area contributed by atoms with Crippen LogP contribution < -0.4 is 15.6 Å². The summed E-state index contributed by atoms with van der Waals surface area (Å²) in [6, 6.07) is 39.4. The van der Waals surface area contributed by atoms with Gasteiger partial charge in [0, 0.05) is 5.41 Å². The van der Waals surface area contributed by atoms with E-state index in [2.05, 4.69) is 50.2 Å². The molecule has 0 aliphatic rings. The first kappa shape index (κ1) is 24.9. The standard InChI is InChI=1S/C30H30O3SSi/c1-25(2)30(23-24-34(31,32)26-15-7-3-8-16-26)33-35(27-17-9-4-10-18-27,28-19-11-5-12-20-28)29-21-13-6-14-22-29/h3-25,30H,1-2H3/b24-23+/t30-/m1/s1. The highest BCUT2D eigenvalue weighted by atomic mass is 32.2. The fourth-order valence-electron chi connectivity index (χ4n) is 4.19. The summed E-state index contributed by atoms with van der Waals surface area (Å²) in [7, 11) is -6.55. The monoisotopic (exact) mass is 498 g/mol. The Morgan fingerprint density at radius 3 is 1.37 bits per heavy atom. The molecule has 0 aliphatic heterocycles. The Kier molecular flexibility index (Phi) is 7.81. The molecule has 0 radical (unpaired) electrons. The van der Waals surface area contributed by atoms with Crippen LogP contribution in [0.4, 0.5) is 0 Å². The minimum absolute atomic E-state index is 0.0558. The molecule has 1 atom stereocenters. The molecule has 178 valence electrons. The molecule has 0 amide bonds. The van der Waals surface area contributed by atoms with Crippen molar-refractivity contribution in [3.63, 3.8) is 0 Å². The second-order valence-electron chi connectivity index (χ2n) is 8.79. The zero-order chi connectivity index (χ0) is 24.7.